The highest BCUT2D eigenvalue weighted by Crippen LogP contribution is 2.30. The predicted octanol–water partition coefficient (Wildman–Crippen LogP) is 2.32. The van der Waals surface area contributed by atoms with E-state index in [2.05, 4.69) is 36.9 Å². The van der Waals surface area contributed by atoms with Crippen LogP contribution in [-0.4, -0.2) is 28.7 Å². The average Bonchev–Trinajstić information content (AvgIpc) is 3.00. The summed E-state index contributed by atoms with van der Waals surface area (Å²) in [6.45, 7) is 1.79. The van der Waals surface area contributed by atoms with Crippen molar-refractivity contribution >= 4 is 15.9 Å². The number of nitrogens with one attached hydrogen (secondary N) is 1. The molecule has 4 nitrogen and oxygen atoms in total. The van der Waals surface area contributed by atoms with Crippen molar-refractivity contribution in [1.29, 1.82) is 0 Å². The van der Waals surface area contributed by atoms with Gasteiger partial charge in [0.2, 0.25) is 0 Å². The number of hydrogen-bond donors (Lipinski definition) is 1. The molecule has 0 fully saturated rings. The van der Waals surface area contributed by atoms with E-state index in [0.29, 0.717) is 0 Å². The topological polar surface area (TPSA) is 39.1 Å². The minimum Gasteiger partial charge on any atom is -0.488 e. The zero-order chi connectivity index (χ0) is 13.9. The maximum Gasteiger partial charge on any atom is 0.123 e. The summed E-state index contributed by atoms with van der Waals surface area (Å²) in [6.07, 6.45) is 5.97. The van der Waals surface area contributed by atoms with E-state index in [1.165, 1.54) is 5.56 Å². The number of aromatic nitrogens is 2. The van der Waals surface area contributed by atoms with Crippen molar-refractivity contribution in [2.24, 2.45) is 7.05 Å². The first-order valence-electron chi connectivity index (χ1n) is 6.84. The van der Waals surface area contributed by atoms with Crippen LogP contribution in [0.4, 0.5) is 0 Å². The first-order chi connectivity index (χ1) is 9.72. The lowest BCUT2D eigenvalue weighted by atomic mass is 10.1. The third kappa shape index (κ3) is 3.04. The van der Waals surface area contributed by atoms with Gasteiger partial charge in [0.05, 0.1) is 0 Å². The Kier molecular flexibility index (Phi) is 4.08. The number of benzene rings is 1. The monoisotopic (exact) mass is 335 g/mol. The summed E-state index contributed by atoms with van der Waals surface area (Å²) in [4.78, 5) is 4.31. The van der Waals surface area contributed by atoms with Crippen LogP contribution in [0.1, 0.15) is 11.4 Å². The van der Waals surface area contributed by atoms with Crippen LogP contribution in [0.5, 0.6) is 5.75 Å². The van der Waals surface area contributed by atoms with Crippen LogP contribution in [0.3, 0.4) is 0 Å². The van der Waals surface area contributed by atoms with Crippen molar-refractivity contribution in [3.05, 3.63) is 46.5 Å². The number of hydrogen-bond acceptors (Lipinski definition) is 3. The number of rotatable bonds is 5. The van der Waals surface area contributed by atoms with Crippen LogP contribution >= 0.6 is 15.9 Å². The van der Waals surface area contributed by atoms with E-state index in [0.717, 1.165) is 42.0 Å². The molecule has 1 aliphatic heterocycles. The standard InChI is InChI=1S/C15H18BrN3O/c1-19-7-6-18-15(19)4-5-17-10-13-9-11-8-12(16)2-3-14(11)20-13/h2-3,6-8,13,17H,4-5,9-10H2,1H3. The number of ether oxygens (including phenoxy) is 1. The average molecular weight is 336 g/mol. The lowest BCUT2D eigenvalue weighted by Gasteiger charge is -2.11. The Labute approximate surface area is 127 Å². The fraction of sp³-hybridized carbons (Fsp3) is 0.400. The van der Waals surface area contributed by atoms with Gasteiger partial charge in [-0.15, -0.1) is 0 Å². The van der Waals surface area contributed by atoms with Crippen LogP contribution in [0, 0.1) is 0 Å². The van der Waals surface area contributed by atoms with Crippen LogP contribution in [-0.2, 0) is 19.9 Å². The predicted molar refractivity (Wildman–Crippen MR) is 82.0 cm³/mol. The minimum atomic E-state index is 0.237. The first-order valence-corrected chi connectivity index (χ1v) is 7.63. The summed E-state index contributed by atoms with van der Waals surface area (Å²) in [5.74, 6) is 2.13. The van der Waals surface area contributed by atoms with Gasteiger partial charge >= 0.3 is 0 Å². The third-order valence-electron chi connectivity index (χ3n) is 3.58. The third-order valence-corrected chi connectivity index (χ3v) is 4.08. The molecule has 0 radical (unpaired) electrons. The summed E-state index contributed by atoms with van der Waals surface area (Å²) < 4.78 is 9.09. The van der Waals surface area contributed by atoms with Crippen LogP contribution < -0.4 is 10.1 Å². The second kappa shape index (κ2) is 5.97. The smallest absolute Gasteiger partial charge is 0.123 e. The van der Waals surface area contributed by atoms with E-state index in [-0.39, 0.29) is 6.10 Å². The molecule has 2 heterocycles. The number of fused-ring (bicyclic) bond motifs is 1. The number of imidazole rings is 1. The Morgan fingerprint density at radius 2 is 2.40 bits per heavy atom. The van der Waals surface area contributed by atoms with Gasteiger partial charge < -0.3 is 14.6 Å². The molecule has 0 amide bonds. The first kappa shape index (κ1) is 13.6. The number of nitrogens with zero attached hydrogens (tertiary/aromatic N) is 2. The molecule has 0 bridgehead atoms. The molecule has 2 aromatic rings. The van der Waals surface area contributed by atoms with E-state index in [4.69, 9.17) is 4.74 Å². The molecule has 0 saturated carbocycles. The van der Waals surface area contributed by atoms with Gasteiger partial charge in [0, 0.05) is 49.8 Å². The molecule has 1 aromatic heterocycles. The van der Waals surface area contributed by atoms with E-state index >= 15 is 0 Å². The molecule has 1 N–H and O–H groups in total. The zero-order valence-corrected chi connectivity index (χ0v) is 13.1. The van der Waals surface area contributed by atoms with Crippen molar-refractivity contribution in [1.82, 2.24) is 14.9 Å². The Bertz CT molecular complexity index is 597. The van der Waals surface area contributed by atoms with Gasteiger partial charge in [-0.1, -0.05) is 15.9 Å². The molecule has 5 heteroatoms. The van der Waals surface area contributed by atoms with Gasteiger partial charge in [-0.2, -0.15) is 0 Å². The quantitative estimate of drug-likeness (QED) is 0.852. The van der Waals surface area contributed by atoms with Gasteiger partial charge in [0.15, 0.2) is 0 Å². The Hall–Kier alpha value is -1.33. The van der Waals surface area contributed by atoms with Crippen LogP contribution in [0.2, 0.25) is 0 Å². The highest BCUT2D eigenvalue weighted by Gasteiger charge is 2.22. The molecule has 1 aromatic carbocycles. The molecule has 1 atom stereocenters. The lowest BCUT2D eigenvalue weighted by Crippen LogP contribution is -2.31. The highest BCUT2D eigenvalue weighted by molar-refractivity contribution is 9.10. The molecular weight excluding hydrogens is 318 g/mol. The van der Waals surface area contributed by atoms with E-state index in [9.17, 15) is 0 Å². The number of aryl methyl sites for hydroxylation is 1. The van der Waals surface area contributed by atoms with Crippen LogP contribution in [0.15, 0.2) is 35.1 Å². The summed E-state index contributed by atoms with van der Waals surface area (Å²) in [5, 5.41) is 3.45. The SMILES string of the molecule is Cn1ccnc1CCNCC1Cc2cc(Br)ccc2O1. The molecule has 106 valence electrons. The van der Waals surface area contributed by atoms with Crippen molar-refractivity contribution in [2.45, 2.75) is 18.9 Å². The van der Waals surface area contributed by atoms with Gasteiger partial charge in [0.1, 0.15) is 17.7 Å². The molecular formula is C15H18BrN3O. The lowest BCUT2D eigenvalue weighted by molar-refractivity contribution is 0.228. The fourth-order valence-electron chi connectivity index (χ4n) is 2.50. The molecule has 20 heavy (non-hydrogen) atoms. The second-order valence-corrected chi connectivity index (χ2v) is 6.02. The van der Waals surface area contributed by atoms with Gasteiger partial charge in [0.25, 0.3) is 0 Å². The highest BCUT2D eigenvalue weighted by atomic mass is 79.9. The van der Waals surface area contributed by atoms with Crippen molar-refractivity contribution in [3.63, 3.8) is 0 Å². The van der Waals surface area contributed by atoms with Crippen molar-refractivity contribution in [3.8, 4) is 5.75 Å². The fourth-order valence-corrected chi connectivity index (χ4v) is 2.91. The molecule has 3 rings (SSSR count). The Morgan fingerprint density at radius 3 is 3.20 bits per heavy atom. The molecule has 1 unspecified atom stereocenters. The normalized spacial score (nSPS) is 17.0. The van der Waals surface area contributed by atoms with Gasteiger partial charge in [-0.3, -0.25) is 0 Å². The van der Waals surface area contributed by atoms with Crippen molar-refractivity contribution in [2.75, 3.05) is 13.1 Å². The van der Waals surface area contributed by atoms with Gasteiger partial charge in [-0.05, 0) is 23.8 Å². The second-order valence-electron chi connectivity index (χ2n) is 5.10. The summed E-state index contributed by atoms with van der Waals surface area (Å²) in [7, 11) is 2.02. The van der Waals surface area contributed by atoms with Gasteiger partial charge in [-0.25, -0.2) is 4.98 Å². The molecule has 0 saturated heterocycles. The number of halogens is 1. The Morgan fingerprint density at radius 1 is 1.50 bits per heavy atom. The minimum absolute atomic E-state index is 0.237. The van der Waals surface area contributed by atoms with E-state index in [1.54, 1.807) is 0 Å². The van der Waals surface area contributed by atoms with E-state index in [1.807, 2.05) is 31.6 Å². The summed E-state index contributed by atoms with van der Waals surface area (Å²) >= 11 is 3.50. The maximum absolute atomic E-state index is 5.92. The van der Waals surface area contributed by atoms with Crippen LogP contribution in [0.25, 0.3) is 0 Å². The molecule has 1 aliphatic rings. The maximum atomic E-state index is 5.92. The zero-order valence-electron chi connectivity index (χ0n) is 11.5. The summed E-state index contributed by atoms with van der Waals surface area (Å²) in [6, 6.07) is 6.20. The van der Waals surface area contributed by atoms with E-state index < -0.39 is 0 Å². The van der Waals surface area contributed by atoms with Crippen molar-refractivity contribution < 1.29 is 4.74 Å². The molecule has 0 spiro atoms. The largest absolute Gasteiger partial charge is 0.488 e. The molecule has 0 aliphatic carbocycles. The Balaban J connectivity index is 1.44. The summed E-state index contributed by atoms with van der Waals surface area (Å²) in [5.41, 5.74) is 1.29.